The summed E-state index contributed by atoms with van der Waals surface area (Å²) in [6.45, 7) is 19.1. The number of anilines is 1. The zero-order valence-corrected chi connectivity index (χ0v) is 34.4. The highest BCUT2D eigenvalue weighted by molar-refractivity contribution is 6.74. The maximum atomic E-state index is 17.4. The minimum Gasteiger partial charge on any atom is -0.543 e. The number of rotatable bonds is 7. The number of hydrogen-bond donors (Lipinski definition) is 0. The van der Waals surface area contributed by atoms with Crippen LogP contribution in [0.15, 0.2) is 42.6 Å². The van der Waals surface area contributed by atoms with Gasteiger partial charge in [-0.1, -0.05) is 32.9 Å². The molecule has 4 atom stereocenters. The Morgan fingerprint density at radius 2 is 1.73 bits per heavy atom. The third kappa shape index (κ3) is 7.00. The summed E-state index contributed by atoms with van der Waals surface area (Å²) in [7, 11) is -2.23. The van der Waals surface area contributed by atoms with E-state index in [1.807, 2.05) is 56.0 Å². The van der Waals surface area contributed by atoms with Crippen LogP contribution in [0.5, 0.6) is 11.8 Å². The Bertz CT molecular complexity index is 2130. The van der Waals surface area contributed by atoms with Crippen LogP contribution in [0, 0.1) is 5.82 Å². The topological polar surface area (TPSA) is 93.2 Å². The van der Waals surface area contributed by atoms with Crippen LogP contribution in [0.2, 0.25) is 18.1 Å². The van der Waals surface area contributed by atoms with Gasteiger partial charge >= 0.3 is 12.1 Å². The Morgan fingerprint density at radius 1 is 0.982 bits per heavy atom. The molecule has 4 aromatic rings. The average Bonchev–Trinajstić information content (AvgIpc) is 3.72. The van der Waals surface area contributed by atoms with E-state index in [2.05, 4.69) is 43.7 Å². The van der Waals surface area contributed by atoms with Crippen molar-refractivity contribution in [3.05, 3.63) is 48.4 Å². The largest absolute Gasteiger partial charge is 0.543 e. The number of fused-ring (bicyclic) bond motifs is 5. The van der Waals surface area contributed by atoms with E-state index in [0.717, 1.165) is 37.6 Å². The molecule has 0 radical (unpaired) electrons. The SMILES string of the molecule is CC(C)(C)OC(=O)N1C2CCC1CN(c1nc(OC[C@@]34CCCN3C[C@H](F)C4)nc3c(F)c(-c4cc(O[Si](C)(C)C(C)(C)C)cc5cccnc45)ccc13)C2. The van der Waals surface area contributed by atoms with Gasteiger partial charge < -0.3 is 18.8 Å². The van der Waals surface area contributed by atoms with Crippen LogP contribution < -0.4 is 14.1 Å². The highest BCUT2D eigenvalue weighted by Gasteiger charge is 2.50. The summed E-state index contributed by atoms with van der Waals surface area (Å²) in [6.07, 6.45) is 4.37. The molecule has 2 bridgehead atoms. The van der Waals surface area contributed by atoms with E-state index in [0.29, 0.717) is 59.7 Å². The second-order valence-electron chi connectivity index (χ2n) is 18.6. The van der Waals surface area contributed by atoms with Crippen molar-refractivity contribution in [2.45, 2.75) is 121 Å². The van der Waals surface area contributed by atoms with Crippen LogP contribution in [-0.2, 0) is 4.74 Å². The van der Waals surface area contributed by atoms with Crippen LogP contribution in [0.4, 0.5) is 19.4 Å². The average molecular weight is 773 g/mol. The third-order valence-electron chi connectivity index (χ3n) is 12.5. The molecule has 0 saturated carbocycles. The fourth-order valence-electron chi connectivity index (χ4n) is 8.85. The van der Waals surface area contributed by atoms with Crippen LogP contribution in [0.1, 0.15) is 73.6 Å². The number of halogens is 2. The van der Waals surface area contributed by atoms with E-state index in [1.165, 1.54) is 0 Å². The van der Waals surface area contributed by atoms with Gasteiger partial charge in [0.15, 0.2) is 5.82 Å². The Kier molecular flexibility index (Phi) is 9.30. The van der Waals surface area contributed by atoms with Crippen molar-refractivity contribution in [1.82, 2.24) is 24.8 Å². The van der Waals surface area contributed by atoms with Gasteiger partial charge in [0, 0.05) is 54.2 Å². The molecule has 0 spiro atoms. The van der Waals surface area contributed by atoms with Crippen molar-refractivity contribution < 1.29 is 27.5 Å². The number of benzene rings is 2. The normalized spacial score (nSPS) is 24.5. The number of nitrogens with zero attached hydrogens (tertiary/aromatic N) is 6. The molecule has 8 rings (SSSR count). The molecule has 4 saturated heterocycles. The highest BCUT2D eigenvalue weighted by Crippen LogP contribution is 2.44. The second-order valence-corrected chi connectivity index (χ2v) is 23.3. The molecule has 0 N–H and O–H groups in total. The zero-order valence-electron chi connectivity index (χ0n) is 33.4. The molecular formula is C42H54F2N6O4Si. The summed E-state index contributed by atoms with van der Waals surface area (Å²) in [4.78, 5) is 33.9. The summed E-state index contributed by atoms with van der Waals surface area (Å²) in [5.74, 6) is 0.721. The van der Waals surface area contributed by atoms with Gasteiger partial charge in [-0.25, -0.2) is 13.6 Å². The van der Waals surface area contributed by atoms with Gasteiger partial charge in [-0.2, -0.15) is 9.97 Å². The maximum absolute atomic E-state index is 17.4. The predicted molar refractivity (Wildman–Crippen MR) is 214 cm³/mol. The molecular weight excluding hydrogens is 719 g/mol. The van der Waals surface area contributed by atoms with E-state index in [4.69, 9.17) is 28.9 Å². The van der Waals surface area contributed by atoms with Gasteiger partial charge in [-0.15, -0.1) is 0 Å². The second kappa shape index (κ2) is 13.5. The fourth-order valence-corrected chi connectivity index (χ4v) is 9.87. The molecule has 2 unspecified atom stereocenters. The summed E-state index contributed by atoms with van der Waals surface area (Å²) in [5, 5.41) is 1.36. The molecule has 294 valence electrons. The van der Waals surface area contributed by atoms with E-state index >= 15 is 4.39 Å². The Balaban J connectivity index is 1.21. The van der Waals surface area contributed by atoms with Crippen molar-refractivity contribution in [1.29, 1.82) is 0 Å². The van der Waals surface area contributed by atoms with Crippen molar-refractivity contribution in [2.24, 2.45) is 0 Å². The molecule has 13 heteroatoms. The summed E-state index contributed by atoms with van der Waals surface area (Å²) >= 11 is 0. The Hall–Kier alpha value is -4.10. The van der Waals surface area contributed by atoms with Crippen LogP contribution in [-0.4, -0.2) is 101 Å². The van der Waals surface area contributed by atoms with Gasteiger partial charge in [0.05, 0.1) is 23.1 Å². The van der Waals surface area contributed by atoms with Crippen LogP contribution >= 0.6 is 0 Å². The minimum atomic E-state index is -2.23. The van der Waals surface area contributed by atoms with Gasteiger partial charge in [0.2, 0.25) is 8.32 Å². The van der Waals surface area contributed by atoms with Gasteiger partial charge in [-0.3, -0.25) is 14.8 Å². The Labute approximate surface area is 323 Å². The molecule has 1 amide bonds. The van der Waals surface area contributed by atoms with Crippen molar-refractivity contribution in [2.75, 3.05) is 37.7 Å². The monoisotopic (exact) mass is 772 g/mol. The first-order chi connectivity index (χ1) is 25.9. The molecule has 0 aliphatic carbocycles. The molecule has 10 nitrogen and oxygen atoms in total. The summed E-state index contributed by atoms with van der Waals surface area (Å²) in [5.41, 5.74) is 0.717. The van der Waals surface area contributed by atoms with E-state index in [-0.39, 0.29) is 41.3 Å². The number of alkyl halides is 1. The number of ether oxygens (including phenoxy) is 2. The first kappa shape index (κ1) is 37.8. The smallest absolute Gasteiger partial charge is 0.410 e. The molecule has 55 heavy (non-hydrogen) atoms. The van der Waals surface area contributed by atoms with Crippen molar-refractivity contribution >= 4 is 42.0 Å². The van der Waals surface area contributed by atoms with Crippen molar-refractivity contribution in [3.63, 3.8) is 0 Å². The minimum absolute atomic E-state index is 0.0362. The van der Waals surface area contributed by atoms with Gasteiger partial charge in [0.1, 0.15) is 35.5 Å². The molecule has 4 aliphatic rings. The first-order valence-corrected chi connectivity index (χ1v) is 22.7. The summed E-state index contributed by atoms with van der Waals surface area (Å²) in [6, 6.07) is 11.3. The van der Waals surface area contributed by atoms with Crippen LogP contribution in [0.3, 0.4) is 0 Å². The number of amides is 1. The third-order valence-corrected chi connectivity index (χ3v) is 16.9. The quantitative estimate of drug-likeness (QED) is 0.171. The molecule has 6 heterocycles. The number of carbonyl (C=O) groups is 1. The number of carbonyl (C=O) groups excluding carboxylic acids is 1. The lowest BCUT2D eigenvalue weighted by Gasteiger charge is -2.42. The number of piperazine rings is 1. The van der Waals surface area contributed by atoms with E-state index in [1.54, 1.807) is 12.3 Å². The molecule has 2 aromatic carbocycles. The predicted octanol–water partition coefficient (Wildman–Crippen LogP) is 8.91. The maximum Gasteiger partial charge on any atom is 0.410 e. The lowest BCUT2D eigenvalue weighted by molar-refractivity contribution is 0.0122. The van der Waals surface area contributed by atoms with Gasteiger partial charge in [-0.05, 0) is 95.4 Å². The van der Waals surface area contributed by atoms with Crippen molar-refractivity contribution in [3.8, 4) is 22.9 Å². The first-order valence-electron chi connectivity index (χ1n) is 19.8. The van der Waals surface area contributed by atoms with Crippen LogP contribution in [0.25, 0.3) is 32.9 Å². The lowest BCUT2D eigenvalue weighted by Crippen LogP contribution is -2.57. The standard InChI is InChI=1S/C42H54F2N6O4Si/c1-40(2,3)53-39(51)50-28-12-13-29(50)24-48(23-28)37-32-15-14-31(33-20-30(54-55(7,8)41(4,5)6)19-26-11-9-17-45-35(26)33)34(44)36(32)46-38(47-37)52-25-42-16-10-18-49(42)22-27(43)21-42/h9,11,14-15,17,19-20,27-29H,10,12-13,16,18,21-25H2,1-8H3/t27-,28?,29?,42+/m1/s1. The summed E-state index contributed by atoms with van der Waals surface area (Å²) < 4.78 is 51.1. The molecule has 2 aromatic heterocycles. The molecule has 4 fully saturated rings. The molecule has 4 aliphatic heterocycles. The van der Waals surface area contributed by atoms with E-state index < -0.39 is 31.4 Å². The van der Waals surface area contributed by atoms with Gasteiger partial charge in [0.25, 0.3) is 0 Å². The number of hydrogen-bond acceptors (Lipinski definition) is 9. The lowest BCUT2D eigenvalue weighted by atomic mass is 9.95. The fraction of sp³-hybridized carbons (Fsp3) is 0.571. The van der Waals surface area contributed by atoms with E-state index in [9.17, 15) is 9.18 Å². The number of aromatic nitrogens is 3. The highest BCUT2D eigenvalue weighted by atomic mass is 28.4. The number of pyridine rings is 1. The Morgan fingerprint density at radius 3 is 2.44 bits per heavy atom. The zero-order chi connectivity index (χ0) is 39.1.